The predicted molar refractivity (Wildman–Crippen MR) is 157 cm³/mol. The summed E-state index contributed by atoms with van der Waals surface area (Å²) in [4.78, 5) is 44.1. The Bertz CT molecular complexity index is 1410. The molecule has 216 valence electrons. The van der Waals surface area contributed by atoms with Gasteiger partial charge in [0.05, 0.1) is 17.1 Å². The summed E-state index contributed by atoms with van der Waals surface area (Å²) in [7, 11) is 1.76. The molecule has 2 aromatic heterocycles. The Morgan fingerprint density at radius 3 is 2.58 bits per heavy atom. The second kappa shape index (κ2) is 12.4. The van der Waals surface area contributed by atoms with Crippen molar-refractivity contribution in [2.75, 3.05) is 13.1 Å². The summed E-state index contributed by atoms with van der Waals surface area (Å²) in [6, 6.07) is 7.71. The topological polar surface area (TPSA) is 98.5 Å². The lowest BCUT2D eigenvalue weighted by molar-refractivity contribution is -0.151. The SMILES string of the molecule is CC(=O)N1CCC[C@@H](Cn2c(-c3cc(C)c(=O)n(C)c3)nc3cc(CN[C@H](C(=O)OC(C)C)C(C)C)ccc32)C1. The molecule has 40 heavy (non-hydrogen) atoms. The predicted octanol–water partition coefficient (Wildman–Crippen LogP) is 4.03. The molecule has 9 heteroatoms. The van der Waals surface area contributed by atoms with Crippen molar-refractivity contribution in [2.24, 2.45) is 18.9 Å². The Hall–Kier alpha value is -3.46. The highest BCUT2D eigenvalue weighted by Gasteiger charge is 2.26. The lowest BCUT2D eigenvalue weighted by Crippen LogP contribution is -2.42. The van der Waals surface area contributed by atoms with Crippen LogP contribution in [0.4, 0.5) is 0 Å². The highest BCUT2D eigenvalue weighted by Crippen LogP contribution is 2.29. The third-order valence-electron chi connectivity index (χ3n) is 7.64. The molecular formula is C31H43N5O4. The van der Waals surface area contributed by atoms with Crippen LogP contribution in [0.3, 0.4) is 0 Å². The van der Waals surface area contributed by atoms with Crippen LogP contribution < -0.4 is 10.9 Å². The molecule has 1 saturated heterocycles. The Morgan fingerprint density at radius 1 is 1.18 bits per heavy atom. The first-order chi connectivity index (χ1) is 18.9. The molecule has 0 aliphatic carbocycles. The van der Waals surface area contributed by atoms with Crippen molar-refractivity contribution < 1.29 is 14.3 Å². The van der Waals surface area contributed by atoms with E-state index in [1.807, 2.05) is 51.8 Å². The van der Waals surface area contributed by atoms with E-state index < -0.39 is 6.04 Å². The fraction of sp³-hybridized carbons (Fsp3) is 0.548. The number of aromatic nitrogens is 3. The molecule has 1 aliphatic rings. The van der Waals surface area contributed by atoms with Gasteiger partial charge in [0.1, 0.15) is 11.9 Å². The minimum atomic E-state index is -0.407. The number of carbonyl (C=O) groups excluding carboxylic acids is 2. The average molecular weight is 550 g/mol. The summed E-state index contributed by atoms with van der Waals surface area (Å²) >= 11 is 0. The van der Waals surface area contributed by atoms with E-state index >= 15 is 0 Å². The number of esters is 1. The quantitative estimate of drug-likeness (QED) is 0.405. The number of piperidine rings is 1. The summed E-state index contributed by atoms with van der Waals surface area (Å²) in [6.45, 7) is 13.9. The maximum absolute atomic E-state index is 12.6. The number of ether oxygens (including phenoxy) is 1. The molecule has 1 aromatic carbocycles. The molecule has 1 N–H and O–H groups in total. The van der Waals surface area contributed by atoms with Crippen LogP contribution in [-0.4, -0.2) is 56.1 Å². The first kappa shape index (κ1) is 29.5. The van der Waals surface area contributed by atoms with Crippen LogP contribution >= 0.6 is 0 Å². The van der Waals surface area contributed by atoms with E-state index in [9.17, 15) is 14.4 Å². The number of imidazole rings is 1. The molecule has 3 heterocycles. The molecule has 0 spiro atoms. The van der Waals surface area contributed by atoms with Crippen molar-refractivity contribution in [3.8, 4) is 11.4 Å². The number of nitrogens with one attached hydrogen (secondary N) is 1. The van der Waals surface area contributed by atoms with Gasteiger partial charge in [0.2, 0.25) is 5.91 Å². The van der Waals surface area contributed by atoms with Crippen LogP contribution in [0.5, 0.6) is 0 Å². The van der Waals surface area contributed by atoms with Gasteiger partial charge in [-0.25, -0.2) is 4.98 Å². The number of nitrogens with zero attached hydrogens (tertiary/aromatic N) is 4. The molecule has 2 atom stereocenters. The number of aryl methyl sites for hydroxylation is 2. The molecule has 0 bridgehead atoms. The van der Waals surface area contributed by atoms with Crippen molar-refractivity contribution in [2.45, 2.75) is 79.6 Å². The van der Waals surface area contributed by atoms with E-state index in [2.05, 4.69) is 28.1 Å². The van der Waals surface area contributed by atoms with Gasteiger partial charge >= 0.3 is 5.97 Å². The van der Waals surface area contributed by atoms with E-state index in [0.29, 0.717) is 18.0 Å². The van der Waals surface area contributed by atoms with Crippen molar-refractivity contribution >= 4 is 22.9 Å². The molecule has 0 radical (unpaired) electrons. The number of hydrogen-bond donors (Lipinski definition) is 1. The van der Waals surface area contributed by atoms with Gasteiger partial charge in [-0.3, -0.25) is 14.4 Å². The summed E-state index contributed by atoms with van der Waals surface area (Å²) in [6.07, 6.45) is 3.70. The molecule has 1 aliphatic heterocycles. The summed E-state index contributed by atoms with van der Waals surface area (Å²) in [5.41, 5.74) is 4.39. The van der Waals surface area contributed by atoms with E-state index in [-0.39, 0.29) is 29.5 Å². The summed E-state index contributed by atoms with van der Waals surface area (Å²) in [5, 5.41) is 3.38. The Kier molecular flexibility index (Phi) is 9.13. The number of benzene rings is 1. The zero-order valence-corrected chi connectivity index (χ0v) is 24.9. The van der Waals surface area contributed by atoms with Gasteiger partial charge in [0.25, 0.3) is 5.56 Å². The molecule has 3 aromatic rings. The number of rotatable bonds is 9. The largest absolute Gasteiger partial charge is 0.462 e. The third kappa shape index (κ3) is 6.63. The number of fused-ring (bicyclic) bond motifs is 1. The van der Waals surface area contributed by atoms with Gasteiger partial charge in [-0.15, -0.1) is 0 Å². The summed E-state index contributed by atoms with van der Waals surface area (Å²) < 4.78 is 9.29. The molecule has 0 unspecified atom stereocenters. The Labute approximate surface area is 236 Å². The third-order valence-corrected chi connectivity index (χ3v) is 7.64. The van der Waals surface area contributed by atoms with Gasteiger partial charge in [-0.1, -0.05) is 19.9 Å². The first-order valence-electron chi connectivity index (χ1n) is 14.3. The van der Waals surface area contributed by atoms with E-state index in [1.54, 1.807) is 18.5 Å². The molecule has 4 rings (SSSR count). The van der Waals surface area contributed by atoms with Crippen LogP contribution in [0.1, 0.15) is 58.6 Å². The normalized spacial score (nSPS) is 16.6. The highest BCUT2D eigenvalue weighted by molar-refractivity contribution is 5.81. The molecule has 1 fully saturated rings. The van der Waals surface area contributed by atoms with E-state index in [0.717, 1.165) is 60.5 Å². The van der Waals surface area contributed by atoms with Gasteiger partial charge in [-0.05, 0) is 69.2 Å². The van der Waals surface area contributed by atoms with E-state index in [1.165, 1.54) is 0 Å². The first-order valence-corrected chi connectivity index (χ1v) is 14.3. The van der Waals surface area contributed by atoms with Crippen LogP contribution in [0.15, 0.2) is 35.3 Å². The van der Waals surface area contributed by atoms with Crippen molar-refractivity contribution in [3.63, 3.8) is 0 Å². The number of pyridine rings is 1. The fourth-order valence-electron chi connectivity index (χ4n) is 5.57. The van der Waals surface area contributed by atoms with Crippen LogP contribution in [0.2, 0.25) is 0 Å². The molecule has 9 nitrogen and oxygen atoms in total. The lowest BCUT2D eigenvalue weighted by Gasteiger charge is -2.32. The van der Waals surface area contributed by atoms with Gasteiger partial charge < -0.3 is 24.1 Å². The minimum Gasteiger partial charge on any atom is -0.462 e. The zero-order valence-electron chi connectivity index (χ0n) is 24.9. The number of likely N-dealkylation sites (tertiary alicyclic amines) is 1. The standard InChI is InChI=1S/C31H43N5O4/c1-19(2)28(31(39)40-20(3)4)32-15-23-10-11-27-26(14-23)33-29(25-13-21(5)30(38)34(7)18-25)36(27)17-24-9-8-12-35(16-24)22(6)37/h10-11,13-14,18-20,24,28,32H,8-9,12,15-17H2,1-7H3/t24-,28+/m1/s1. The highest BCUT2D eigenvalue weighted by atomic mass is 16.5. The zero-order chi connectivity index (χ0) is 29.1. The summed E-state index contributed by atoms with van der Waals surface area (Å²) in [5.74, 6) is 1.07. The maximum atomic E-state index is 12.6. The van der Waals surface area contributed by atoms with Crippen molar-refractivity contribution in [1.29, 1.82) is 0 Å². The molecule has 0 saturated carbocycles. The van der Waals surface area contributed by atoms with E-state index in [4.69, 9.17) is 9.72 Å². The van der Waals surface area contributed by atoms with Crippen LogP contribution in [0, 0.1) is 18.8 Å². The Balaban J connectivity index is 1.68. The van der Waals surface area contributed by atoms with Gasteiger partial charge in [-0.2, -0.15) is 0 Å². The molecule has 1 amide bonds. The monoisotopic (exact) mass is 549 g/mol. The van der Waals surface area contributed by atoms with Crippen LogP contribution in [-0.2, 0) is 34.5 Å². The smallest absolute Gasteiger partial charge is 0.323 e. The second-order valence-electron chi connectivity index (χ2n) is 11.8. The van der Waals surface area contributed by atoms with Crippen molar-refractivity contribution in [1.82, 2.24) is 24.3 Å². The van der Waals surface area contributed by atoms with Gasteiger partial charge in [0, 0.05) is 57.5 Å². The lowest BCUT2D eigenvalue weighted by atomic mass is 9.97. The Morgan fingerprint density at radius 2 is 1.93 bits per heavy atom. The number of amides is 1. The maximum Gasteiger partial charge on any atom is 0.323 e. The second-order valence-corrected chi connectivity index (χ2v) is 11.8. The average Bonchev–Trinajstić information content (AvgIpc) is 3.24. The minimum absolute atomic E-state index is 0.0279. The molecular weight excluding hydrogens is 506 g/mol. The van der Waals surface area contributed by atoms with Crippen molar-refractivity contribution in [3.05, 3.63) is 51.9 Å². The number of hydrogen-bond acceptors (Lipinski definition) is 6. The van der Waals surface area contributed by atoms with Crippen LogP contribution in [0.25, 0.3) is 22.4 Å². The number of carbonyl (C=O) groups is 2. The van der Waals surface area contributed by atoms with Gasteiger partial charge in [0.15, 0.2) is 0 Å². The fourth-order valence-corrected chi connectivity index (χ4v) is 5.57.